The van der Waals surface area contributed by atoms with E-state index in [0.717, 1.165) is 17.6 Å². The van der Waals surface area contributed by atoms with Gasteiger partial charge < -0.3 is 9.47 Å². The van der Waals surface area contributed by atoms with E-state index in [-0.39, 0.29) is 5.78 Å². The molecule has 0 aliphatic heterocycles. The van der Waals surface area contributed by atoms with Gasteiger partial charge >= 0.3 is 5.97 Å². The molecular weight excluding hydrogens is 284 g/mol. The molecule has 0 aliphatic rings. The van der Waals surface area contributed by atoms with Gasteiger partial charge in [-0.15, -0.1) is 0 Å². The molecule has 0 unspecified atom stereocenters. The maximum absolute atomic E-state index is 12.7. The molecule has 6 heteroatoms. The predicted octanol–water partition coefficient (Wildman–Crippen LogP) is 2.29. The van der Waals surface area contributed by atoms with Crippen molar-refractivity contribution in [3.8, 4) is 5.88 Å². The van der Waals surface area contributed by atoms with E-state index >= 15 is 0 Å². The largest absolute Gasteiger partial charge is 0.481 e. The highest BCUT2D eigenvalue weighted by Gasteiger charge is 2.38. The number of ether oxygens (including phenoxy) is 2. The van der Waals surface area contributed by atoms with Crippen molar-refractivity contribution in [2.45, 2.75) is 27.2 Å². The Bertz CT molecular complexity index is 731. The molecule has 2 rings (SSSR count). The highest BCUT2D eigenvalue weighted by molar-refractivity contribution is 6.12. The first-order valence-corrected chi connectivity index (χ1v) is 7.05. The van der Waals surface area contributed by atoms with E-state index in [4.69, 9.17) is 9.47 Å². The van der Waals surface area contributed by atoms with Crippen molar-refractivity contribution in [1.82, 2.24) is 9.61 Å². The molecular formula is C16H20N2O4. The van der Waals surface area contributed by atoms with Crippen molar-refractivity contribution in [2.75, 3.05) is 14.2 Å². The first-order valence-electron chi connectivity index (χ1n) is 7.05. The number of methoxy groups -OCH3 is 2. The number of ketones is 1. The lowest BCUT2D eigenvalue weighted by molar-refractivity contribution is -0.147. The lowest BCUT2D eigenvalue weighted by Crippen LogP contribution is -2.34. The number of hydrogen-bond acceptors (Lipinski definition) is 5. The minimum absolute atomic E-state index is 0.320. The second-order valence-corrected chi connectivity index (χ2v) is 5.56. The predicted molar refractivity (Wildman–Crippen MR) is 81.2 cm³/mol. The number of aryl methyl sites for hydroxylation is 1. The molecule has 0 atom stereocenters. The monoisotopic (exact) mass is 304 g/mol. The standard InChI is InChI=1S/C16H20N2O4/c1-6-11-9-12-7-10(8-13(21-4)18(12)17-11)14(19)16(2,3)15(20)22-5/h7-9H,6H2,1-5H3. The lowest BCUT2D eigenvalue weighted by atomic mass is 9.84. The molecule has 6 nitrogen and oxygen atoms in total. The Balaban J connectivity index is 2.56. The van der Waals surface area contributed by atoms with Crippen LogP contribution in [0.5, 0.6) is 5.88 Å². The average molecular weight is 304 g/mol. The van der Waals surface area contributed by atoms with Crippen LogP contribution in [-0.2, 0) is 16.0 Å². The molecule has 0 radical (unpaired) electrons. The Kier molecular flexibility index (Phi) is 4.21. The van der Waals surface area contributed by atoms with Crippen molar-refractivity contribution in [3.05, 3.63) is 29.5 Å². The summed E-state index contributed by atoms with van der Waals surface area (Å²) in [6.45, 7) is 5.10. The van der Waals surface area contributed by atoms with Gasteiger partial charge in [0, 0.05) is 11.6 Å². The Hall–Kier alpha value is -2.37. The van der Waals surface area contributed by atoms with Crippen molar-refractivity contribution >= 4 is 17.3 Å². The van der Waals surface area contributed by atoms with Gasteiger partial charge in [0.1, 0.15) is 5.41 Å². The number of hydrogen-bond donors (Lipinski definition) is 0. The van der Waals surface area contributed by atoms with Crippen LogP contribution >= 0.6 is 0 Å². The fourth-order valence-electron chi connectivity index (χ4n) is 2.28. The highest BCUT2D eigenvalue weighted by atomic mass is 16.5. The second-order valence-electron chi connectivity index (χ2n) is 5.56. The van der Waals surface area contributed by atoms with Crippen molar-refractivity contribution < 1.29 is 19.1 Å². The van der Waals surface area contributed by atoms with Gasteiger partial charge in [0.15, 0.2) is 5.78 Å². The quantitative estimate of drug-likeness (QED) is 0.481. The third-order valence-electron chi connectivity index (χ3n) is 3.68. The summed E-state index contributed by atoms with van der Waals surface area (Å²) >= 11 is 0. The Morgan fingerprint density at radius 2 is 1.91 bits per heavy atom. The molecule has 0 spiro atoms. The summed E-state index contributed by atoms with van der Waals surface area (Å²) in [6, 6.07) is 5.19. The third kappa shape index (κ3) is 2.56. The number of pyridine rings is 1. The Labute approximate surface area is 129 Å². The molecule has 0 amide bonds. The molecule has 22 heavy (non-hydrogen) atoms. The molecule has 2 aromatic rings. The van der Waals surface area contributed by atoms with E-state index in [9.17, 15) is 9.59 Å². The number of aromatic nitrogens is 2. The first-order chi connectivity index (χ1) is 10.3. The normalized spacial score (nSPS) is 11.5. The van der Waals surface area contributed by atoms with E-state index in [2.05, 4.69) is 5.10 Å². The molecule has 0 fully saturated rings. The zero-order valence-electron chi connectivity index (χ0n) is 13.5. The fraction of sp³-hybridized carbons (Fsp3) is 0.438. The summed E-state index contributed by atoms with van der Waals surface area (Å²) in [5, 5.41) is 4.40. The molecule has 2 heterocycles. The maximum Gasteiger partial charge on any atom is 0.319 e. The van der Waals surface area contributed by atoms with Crippen LogP contribution in [0.1, 0.15) is 36.8 Å². The number of rotatable bonds is 5. The molecule has 118 valence electrons. The van der Waals surface area contributed by atoms with Crippen LogP contribution in [0.15, 0.2) is 18.2 Å². The lowest BCUT2D eigenvalue weighted by Gasteiger charge is -2.20. The minimum Gasteiger partial charge on any atom is -0.481 e. The maximum atomic E-state index is 12.7. The summed E-state index contributed by atoms with van der Waals surface area (Å²) in [5.74, 6) is -0.445. The molecule has 0 bridgehead atoms. The fourth-order valence-corrected chi connectivity index (χ4v) is 2.28. The van der Waals surface area contributed by atoms with Crippen LogP contribution in [-0.4, -0.2) is 35.6 Å². The van der Waals surface area contributed by atoms with Gasteiger partial charge in [-0.05, 0) is 32.4 Å². The number of esters is 1. The zero-order chi connectivity index (χ0) is 16.5. The molecule has 2 aromatic heterocycles. The SMILES string of the molecule is CCc1cc2cc(C(=O)C(C)(C)C(=O)OC)cc(OC)n2n1. The van der Waals surface area contributed by atoms with Crippen LogP contribution in [0, 0.1) is 5.41 Å². The summed E-state index contributed by atoms with van der Waals surface area (Å²) in [5.41, 5.74) is 0.781. The van der Waals surface area contributed by atoms with E-state index in [1.165, 1.54) is 14.2 Å². The Morgan fingerprint density at radius 1 is 1.23 bits per heavy atom. The number of carbonyl (C=O) groups excluding carboxylic acids is 2. The van der Waals surface area contributed by atoms with Crippen LogP contribution in [0.25, 0.3) is 5.52 Å². The second kappa shape index (κ2) is 5.79. The van der Waals surface area contributed by atoms with Crippen LogP contribution in [0.4, 0.5) is 0 Å². The number of fused-ring (bicyclic) bond motifs is 1. The minimum atomic E-state index is -1.26. The van der Waals surface area contributed by atoms with Gasteiger partial charge in [0.25, 0.3) is 0 Å². The molecule has 0 aromatic carbocycles. The van der Waals surface area contributed by atoms with Crippen molar-refractivity contribution in [1.29, 1.82) is 0 Å². The summed E-state index contributed by atoms with van der Waals surface area (Å²) in [7, 11) is 2.79. The van der Waals surface area contributed by atoms with Gasteiger partial charge in [0.05, 0.1) is 25.4 Å². The summed E-state index contributed by atoms with van der Waals surface area (Å²) < 4.78 is 11.7. The summed E-state index contributed by atoms with van der Waals surface area (Å²) in [4.78, 5) is 24.5. The number of nitrogens with zero attached hydrogens (tertiary/aromatic N) is 2. The van der Waals surface area contributed by atoms with E-state index in [0.29, 0.717) is 11.4 Å². The highest BCUT2D eigenvalue weighted by Crippen LogP contribution is 2.27. The average Bonchev–Trinajstić information content (AvgIpc) is 2.95. The van der Waals surface area contributed by atoms with Gasteiger partial charge in [-0.25, -0.2) is 4.52 Å². The van der Waals surface area contributed by atoms with E-state index in [1.807, 2.05) is 13.0 Å². The summed E-state index contributed by atoms with van der Waals surface area (Å²) in [6.07, 6.45) is 0.780. The van der Waals surface area contributed by atoms with Crippen LogP contribution < -0.4 is 4.74 Å². The van der Waals surface area contributed by atoms with Gasteiger partial charge in [0.2, 0.25) is 5.88 Å². The van der Waals surface area contributed by atoms with E-state index in [1.54, 1.807) is 30.5 Å². The van der Waals surface area contributed by atoms with Crippen molar-refractivity contribution in [3.63, 3.8) is 0 Å². The van der Waals surface area contributed by atoms with Crippen LogP contribution in [0.3, 0.4) is 0 Å². The molecule has 0 aliphatic carbocycles. The van der Waals surface area contributed by atoms with Crippen molar-refractivity contribution in [2.24, 2.45) is 5.41 Å². The number of Topliss-reactive ketones (excluding diaryl/α,β-unsaturated/α-hetero) is 1. The van der Waals surface area contributed by atoms with Crippen LogP contribution in [0.2, 0.25) is 0 Å². The number of carbonyl (C=O) groups is 2. The smallest absolute Gasteiger partial charge is 0.319 e. The van der Waals surface area contributed by atoms with E-state index < -0.39 is 11.4 Å². The van der Waals surface area contributed by atoms with Gasteiger partial charge in [-0.3, -0.25) is 9.59 Å². The third-order valence-corrected chi connectivity index (χ3v) is 3.68. The van der Waals surface area contributed by atoms with Gasteiger partial charge in [-0.1, -0.05) is 6.92 Å². The first kappa shape index (κ1) is 16.0. The molecule has 0 N–H and O–H groups in total. The topological polar surface area (TPSA) is 69.9 Å². The zero-order valence-corrected chi connectivity index (χ0v) is 13.5. The Morgan fingerprint density at radius 3 is 2.45 bits per heavy atom. The molecule has 0 saturated heterocycles. The molecule has 0 saturated carbocycles. The van der Waals surface area contributed by atoms with Gasteiger partial charge in [-0.2, -0.15) is 5.10 Å².